The number of esters is 1. The van der Waals surface area contributed by atoms with Crippen LogP contribution in [0.3, 0.4) is 0 Å². The molecule has 0 aromatic rings. The average Bonchev–Trinajstić information content (AvgIpc) is 2.52. The van der Waals surface area contributed by atoms with E-state index in [4.69, 9.17) is 0 Å². The smallest absolute Gasteiger partial charge is 0.306 e. The van der Waals surface area contributed by atoms with E-state index in [1.165, 1.54) is 0 Å². The van der Waals surface area contributed by atoms with Crippen LogP contribution in [0.4, 0.5) is 0 Å². The molecule has 18 heavy (non-hydrogen) atoms. The molecular weight excluding hydrogens is 260 g/mol. The van der Waals surface area contributed by atoms with Crippen LogP contribution in [0.5, 0.6) is 0 Å². The lowest BCUT2D eigenvalue weighted by Gasteiger charge is -2.18. The highest BCUT2D eigenvalue weighted by Crippen LogP contribution is 2.07. The zero-order valence-corrected chi connectivity index (χ0v) is 11.2. The van der Waals surface area contributed by atoms with Crippen molar-refractivity contribution in [1.82, 2.24) is 9.62 Å². The van der Waals surface area contributed by atoms with Crippen molar-refractivity contribution in [2.45, 2.75) is 19.8 Å². The number of carbonyl (C=O) groups excluding carboxylic acids is 2. The van der Waals surface area contributed by atoms with Gasteiger partial charge in [0.15, 0.2) is 0 Å². The summed E-state index contributed by atoms with van der Waals surface area (Å²) >= 11 is 0. The van der Waals surface area contributed by atoms with Gasteiger partial charge in [0.05, 0.1) is 25.3 Å². The summed E-state index contributed by atoms with van der Waals surface area (Å²) in [5.74, 6) is -1.17. The summed E-state index contributed by atoms with van der Waals surface area (Å²) in [5, 5.41) is 2.60. The average molecular weight is 278 g/mol. The Morgan fingerprint density at radius 2 is 2.22 bits per heavy atom. The minimum absolute atomic E-state index is 0.175. The molecule has 0 atom stereocenters. The Kier molecular flexibility index (Phi) is 5.54. The van der Waals surface area contributed by atoms with Crippen molar-refractivity contribution in [2.75, 3.05) is 32.0 Å². The number of ether oxygens (including phenoxy) is 1. The van der Waals surface area contributed by atoms with E-state index in [0.717, 1.165) is 4.31 Å². The van der Waals surface area contributed by atoms with Crippen LogP contribution >= 0.6 is 0 Å². The molecule has 0 unspecified atom stereocenters. The predicted octanol–water partition coefficient (Wildman–Crippen LogP) is -0.909. The summed E-state index contributed by atoms with van der Waals surface area (Å²) in [5.41, 5.74) is 0. The quantitative estimate of drug-likeness (QED) is 0.657. The van der Waals surface area contributed by atoms with Crippen molar-refractivity contribution in [3.63, 3.8) is 0 Å². The predicted molar refractivity (Wildman–Crippen MR) is 64.2 cm³/mol. The van der Waals surface area contributed by atoms with Gasteiger partial charge in [0, 0.05) is 13.1 Å². The number of hydrogen-bond acceptors (Lipinski definition) is 5. The van der Waals surface area contributed by atoms with E-state index in [1.54, 1.807) is 6.92 Å². The maximum atomic E-state index is 11.9. The second kappa shape index (κ2) is 6.69. The summed E-state index contributed by atoms with van der Waals surface area (Å²) in [6.07, 6.45) is 0.388. The molecule has 0 saturated carbocycles. The summed E-state index contributed by atoms with van der Waals surface area (Å²) < 4.78 is 29.7. The van der Waals surface area contributed by atoms with Gasteiger partial charge < -0.3 is 10.1 Å². The highest BCUT2D eigenvalue weighted by atomic mass is 32.2. The molecular formula is C10H18N2O5S. The van der Waals surface area contributed by atoms with Crippen LogP contribution in [0, 0.1) is 0 Å². The lowest BCUT2D eigenvalue weighted by molar-refractivity contribution is -0.142. The maximum absolute atomic E-state index is 11.9. The van der Waals surface area contributed by atoms with Gasteiger partial charge in [-0.25, -0.2) is 8.42 Å². The third-order valence-electron chi connectivity index (χ3n) is 2.49. The molecule has 1 N–H and O–H groups in total. The summed E-state index contributed by atoms with van der Waals surface area (Å²) in [6.45, 7) is 2.48. The molecule has 0 aliphatic carbocycles. The molecule has 104 valence electrons. The Hall–Kier alpha value is -1.15. The van der Waals surface area contributed by atoms with Crippen molar-refractivity contribution in [2.24, 2.45) is 0 Å². The summed E-state index contributed by atoms with van der Waals surface area (Å²) in [6, 6.07) is 0. The standard InChI is InChI=1S/C10H18N2O5S/c1-2-17-10(14)4-7-18(15,16)12-6-3-5-11-9(13)8-12/h2-8H2,1H3,(H,11,13). The van der Waals surface area contributed by atoms with Crippen LogP contribution in [-0.2, 0) is 24.3 Å². The minimum atomic E-state index is -3.58. The Balaban J connectivity index is 2.56. The molecule has 8 heteroatoms. The van der Waals surface area contributed by atoms with E-state index >= 15 is 0 Å². The number of rotatable bonds is 5. The van der Waals surface area contributed by atoms with Crippen molar-refractivity contribution in [3.8, 4) is 0 Å². The largest absolute Gasteiger partial charge is 0.466 e. The van der Waals surface area contributed by atoms with Crippen LogP contribution in [0.2, 0.25) is 0 Å². The van der Waals surface area contributed by atoms with Gasteiger partial charge >= 0.3 is 5.97 Å². The van der Waals surface area contributed by atoms with Gasteiger partial charge in [0.2, 0.25) is 15.9 Å². The number of nitrogens with zero attached hydrogens (tertiary/aromatic N) is 1. The topological polar surface area (TPSA) is 92.8 Å². The third-order valence-corrected chi connectivity index (χ3v) is 4.31. The molecule has 1 aliphatic heterocycles. The molecule has 0 radical (unpaired) electrons. The third kappa shape index (κ3) is 4.61. The highest BCUT2D eigenvalue weighted by Gasteiger charge is 2.26. The van der Waals surface area contributed by atoms with E-state index in [2.05, 4.69) is 10.1 Å². The van der Waals surface area contributed by atoms with Gasteiger partial charge in [-0.1, -0.05) is 0 Å². The number of hydrogen-bond donors (Lipinski definition) is 1. The first-order chi connectivity index (χ1) is 8.45. The Morgan fingerprint density at radius 1 is 1.50 bits per heavy atom. The van der Waals surface area contributed by atoms with Crippen LogP contribution in [0.25, 0.3) is 0 Å². The molecule has 1 rings (SSSR count). The number of sulfonamides is 1. The summed E-state index contributed by atoms with van der Waals surface area (Å²) in [4.78, 5) is 22.4. The highest BCUT2D eigenvalue weighted by molar-refractivity contribution is 7.89. The second-order valence-electron chi connectivity index (χ2n) is 3.91. The first kappa shape index (κ1) is 14.9. The SMILES string of the molecule is CCOC(=O)CCS(=O)(=O)N1CCCNC(=O)C1. The lowest BCUT2D eigenvalue weighted by atomic mass is 10.4. The van der Waals surface area contributed by atoms with E-state index < -0.39 is 16.0 Å². The molecule has 0 aromatic heterocycles. The lowest BCUT2D eigenvalue weighted by Crippen LogP contribution is -2.39. The molecule has 1 saturated heterocycles. The van der Waals surface area contributed by atoms with Crippen LogP contribution in [-0.4, -0.2) is 56.6 Å². The molecule has 1 heterocycles. The van der Waals surface area contributed by atoms with Gasteiger partial charge in [0.1, 0.15) is 0 Å². The fourth-order valence-electron chi connectivity index (χ4n) is 1.59. The van der Waals surface area contributed by atoms with E-state index in [1.807, 2.05) is 0 Å². The molecule has 1 amide bonds. The van der Waals surface area contributed by atoms with E-state index in [-0.39, 0.29) is 31.2 Å². The minimum Gasteiger partial charge on any atom is -0.466 e. The fraction of sp³-hybridized carbons (Fsp3) is 0.800. The van der Waals surface area contributed by atoms with Gasteiger partial charge in [-0.05, 0) is 13.3 Å². The zero-order valence-electron chi connectivity index (χ0n) is 10.3. The molecule has 1 aliphatic rings. The van der Waals surface area contributed by atoms with E-state index in [0.29, 0.717) is 19.5 Å². The van der Waals surface area contributed by atoms with Crippen molar-refractivity contribution in [3.05, 3.63) is 0 Å². The second-order valence-corrected chi connectivity index (χ2v) is 6.00. The van der Waals surface area contributed by atoms with Gasteiger partial charge in [-0.3, -0.25) is 9.59 Å². The van der Waals surface area contributed by atoms with Gasteiger partial charge in [-0.15, -0.1) is 0 Å². The van der Waals surface area contributed by atoms with E-state index in [9.17, 15) is 18.0 Å². The molecule has 0 bridgehead atoms. The Bertz CT molecular complexity index is 406. The van der Waals surface area contributed by atoms with Crippen LogP contribution < -0.4 is 5.32 Å². The molecule has 7 nitrogen and oxygen atoms in total. The van der Waals surface area contributed by atoms with Gasteiger partial charge in [-0.2, -0.15) is 4.31 Å². The molecule has 0 spiro atoms. The number of amides is 1. The molecule has 1 fully saturated rings. The van der Waals surface area contributed by atoms with Crippen LogP contribution in [0.15, 0.2) is 0 Å². The van der Waals surface area contributed by atoms with Crippen molar-refractivity contribution in [1.29, 1.82) is 0 Å². The summed E-state index contributed by atoms with van der Waals surface area (Å²) in [7, 11) is -3.58. The Labute approximate surface area is 107 Å². The first-order valence-electron chi connectivity index (χ1n) is 5.86. The monoisotopic (exact) mass is 278 g/mol. The normalized spacial score (nSPS) is 17.9. The zero-order chi connectivity index (χ0) is 13.6. The van der Waals surface area contributed by atoms with Crippen molar-refractivity contribution < 1.29 is 22.7 Å². The maximum Gasteiger partial charge on any atom is 0.306 e. The number of nitrogens with one attached hydrogen (secondary N) is 1. The molecule has 0 aromatic carbocycles. The first-order valence-corrected chi connectivity index (χ1v) is 7.47. The number of carbonyl (C=O) groups is 2. The fourth-order valence-corrected chi connectivity index (χ4v) is 2.99. The Morgan fingerprint density at radius 3 is 2.89 bits per heavy atom. The van der Waals surface area contributed by atoms with Crippen molar-refractivity contribution >= 4 is 21.9 Å². The van der Waals surface area contributed by atoms with Gasteiger partial charge in [0.25, 0.3) is 0 Å². The van der Waals surface area contributed by atoms with Crippen LogP contribution in [0.1, 0.15) is 19.8 Å².